The van der Waals surface area contributed by atoms with Crippen LogP contribution in [0.1, 0.15) is 181 Å². The van der Waals surface area contributed by atoms with Crippen molar-refractivity contribution in [1.29, 1.82) is 0 Å². The SMILES string of the molecule is CC/C=C\C/C=C\C/C=C\C/C=C\CCCCCCCCCCCCC(=O)OC(COC(=O)CCCCCC/C=C\C/C=C\C/C=C\C/C=C\CC)COC(OCC[N+](C)(C)C)C(=O)O. The monoisotopic (exact) mass is 909 g/mol. The van der Waals surface area contributed by atoms with Gasteiger partial charge in [-0.1, -0.05) is 175 Å². The molecule has 0 rings (SSSR count). The highest BCUT2D eigenvalue weighted by Crippen LogP contribution is 2.14. The van der Waals surface area contributed by atoms with Gasteiger partial charge >= 0.3 is 17.9 Å². The summed E-state index contributed by atoms with van der Waals surface area (Å²) in [4.78, 5) is 37.3. The highest BCUT2D eigenvalue weighted by atomic mass is 16.7. The maximum atomic E-state index is 12.8. The predicted molar refractivity (Wildman–Crippen MR) is 272 cm³/mol. The summed E-state index contributed by atoms with van der Waals surface area (Å²) in [6.45, 7) is 4.60. The zero-order valence-corrected chi connectivity index (χ0v) is 41.9. The van der Waals surface area contributed by atoms with Gasteiger partial charge in [-0.3, -0.25) is 9.59 Å². The van der Waals surface area contributed by atoms with Crippen LogP contribution >= 0.6 is 0 Å². The van der Waals surface area contributed by atoms with Gasteiger partial charge in [-0.05, 0) is 89.9 Å². The molecule has 0 aromatic heterocycles. The molecule has 370 valence electrons. The third kappa shape index (κ3) is 48.0. The second-order valence-electron chi connectivity index (χ2n) is 17.7. The lowest BCUT2D eigenvalue weighted by Crippen LogP contribution is -2.40. The number of ether oxygens (including phenoxy) is 4. The summed E-state index contributed by atoms with van der Waals surface area (Å²) in [7, 11) is 5.94. The van der Waals surface area contributed by atoms with Gasteiger partial charge in [-0.15, -0.1) is 0 Å². The van der Waals surface area contributed by atoms with E-state index in [1.54, 1.807) is 0 Å². The molecule has 2 atom stereocenters. The van der Waals surface area contributed by atoms with Crippen LogP contribution in [-0.2, 0) is 33.3 Å². The van der Waals surface area contributed by atoms with Gasteiger partial charge in [0.25, 0.3) is 6.29 Å². The quantitative estimate of drug-likeness (QED) is 0.0212. The normalized spacial score (nSPS) is 13.7. The fourth-order valence-electron chi connectivity index (χ4n) is 6.46. The standard InChI is InChI=1S/C56H93NO8/c1-6-8-10-12-14-16-18-20-22-24-25-26-27-28-29-31-33-35-37-39-41-43-45-47-54(59)65-52(51-64-56(55(60)61)62-49-48-57(3,4)5)50-63-53(58)46-44-42-40-38-36-34-32-30-23-21-19-17-15-13-11-9-7-2/h8-11,14-17,20-23,25-26,32,34,52,56H,6-7,12-13,18-19,24,27-31,33,35-51H2,1-5H3/p+1/b10-8-,11-9-,16-14-,17-15-,22-20-,23-21-,26-25-,34-32-. The van der Waals surface area contributed by atoms with Crippen LogP contribution in [0.2, 0.25) is 0 Å². The first-order valence-electron chi connectivity index (χ1n) is 25.4. The number of nitrogens with zero attached hydrogens (tertiary/aromatic N) is 1. The van der Waals surface area contributed by atoms with E-state index in [9.17, 15) is 19.5 Å². The average molecular weight is 909 g/mol. The van der Waals surface area contributed by atoms with Gasteiger partial charge in [0.15, 0.2) is 6.10 Å². The molecule has 0 saturated carbocycles. The molecule has 0 fully saturated rings. The van der Waals surface area contributed by atoms with Gasteiger partial charge in [-0.2, -0.15) is 0 Å². The number of hydrogen-bond acceptors (Lipinski definition) is 7. The van der Waals surface area contributed by atoms with E-state index in [1.807, 2.05) is 21.1 Å². The molecule has 0 spiro atoms. The Morgan fingerprint density at radius 1 is 0.462 bits per heavy atom. The second kappa shape index (κ2) is 46.7. The summed E-state index contributed by atoms with van der Waals surface area (Å²) in [5.41, 5.74) is 0. The van der Waals surface area contributed by atoms with Crippen molar-refractivity contribution in [2.24, 2.45) is 0 Å². The number of carbonyl (C=O) groups excluding carboxylic acids is 2. The summed E-state index contributed by atoms with van der Waals surface area (Å²) in [6.07, 6.45) is 59.0. The molecule has 65 heavy (non-hydrogen) atoms. The number of esters is 2. The number of carboxylic acids is 1. The number of carboxylic acid groups (broad SMARTS) is 1. The van der Waals surface area contributed by atoms with Gasteiger partial charge in [-0.25, -0.2) is 4.79 Å². The number of aliphatic carboxylic acids is 1. The first-order chi connectivity index (χ1) is 31.6. The van der Waals surface area contributed by atoms with Crippen LogP contribution in [0.4, 0.5) is 0 Å². The molecule has 0 aromatic carbocycles. The maximum absolute atomic E-state index is 12.8. The van der Waals surface area contributed by atoms with Gasteiger partial charge in [0.2, 0.25) is 0 Å². The molecule has 0 amide bonds. The summed E-state index contributed by atoms with van der Waals surface area (Å²) >= 11 is 0. The molecule has 0 aromatic rings. The van der Waals surface area contributed by atoms with Crippen LogP contribution < -0.4 is 0 Å². The first-order valence-corrected chi connectivity index (χ1v) is 25.4. The van der Waals surface area contributed by atoms with Crippen LogP contribution in [0, 0.1) is 0 Å². The van der Waals surface area contributed by atoms with E-state index >= 15 is 0 Å². The Bertz CT molecular complexity index is 1380. The molecule has 0 heterocycles. The number of hydrogen-bond donors (Lipinski definition) is 1. The Balaban J connectivity index is 4.39. The minimum Gasteiger partial charge on any atom is -0.477 e. The molecular formula is C56H94NO8+. The summed E-state index contributed by atoms with van der Waals surface area (Å²) in [5, 5.41) is 9.67. The smallest absolute Gasteiger partial charge is 0.361 e. The Hall–Kier alpha value is -3.79. The Labute approximate surface area is 397 Å². The average Bonchev–Trinajstić information content (AvgIpc) is 3.27. The van der Waals surface area contributed by atoms with Gasteiger partial charge in [0, 0.05) is 12.8 Å². The minimum absolute atomic E-state index is 0.177. The molecule has 0 bridgehead atoms. The largest absolute Gasteiger partial charge is 0.477 e. The van der Waals surface area contributed by atoms with Crippen molar-refractivity contribution in [3.8, 4) is 0 Å². The van der Waals surface area contributed by atoms with Crippen LogP contribution in [0.15, 0.2) is 97.2 Å². The van der Waals surface area contributed by atoms with Crippen LogP contribution in [0.25, 0.3) is 0 Å². The van der Waals surface area contributed by atoms with Crippen LogP contribution in [-0.4, -0.2) is 87.4 Å². The van der Waals surface area contributed by atoms with E-state index in [2.05, 4.69) is 111 Å². The van der Waals surface area contributed by atoms with Crippen LogP contribution in [0.5, 0.6) is 0 Å². The molecule has 9 heteroatoms. The third-order valence-corrected chi connectivity index (χ3v) is 10.3. The zero-order chi connectivity index (χ0) is 47.7. The van der Waals surface area contributed by atoms with Crippen molar-refractivity contribution in [2.75, 3.05) is 47.5 Å². The second-order valence-corrected chi connectivity index (χ2v) is 17.7. The van der Waals surface area contributed by atoms with E-state index in [4.69, 9.17) is 18.9 Å². The van der Waals surface area contributed by atoms with E-state index in [1.165, 1.54) is 38.5 Å². The van der Waals surface area contributed by atoms with E-state index < -0.39 is 24.3 Å². The van der Waals surface area contributed by atoms with Crippen molar-refractivity contribution >= 4 is 17.9 Å². The number of allylic oxidation sites excluding steroid dienone is 16. The van der Waals surface area contributed by atoms with Crippen molar-refractivity contribution in [1.82, 2.24) is 0 Å². The van der Waals surface area contributed by atoms with Gasteiger partial charge < -0.3 is 28.5 Å². The summed E-state index contributed by atoms with van der Waals surface area (Å²) in [6, 6.07) is 0. The highest BCUT2D eigenvalue weighted by molar-refractivity contribution is 5.71. The molecule has 0 aliphatic heterocycles. The molecule has 0 radical (unpaired) electrons. The van der Waals surface area contributed by atoms with Crippen molar-refractivity contribution in [3.05, 3.63) is 97.2 Å². The van der Waals surface area contributed by atoms with Crippen LogP contribution in [0.3, 0.4) is 0 Å². The topological polar surface area (TPSA) is 108 Å². The lowest BCUT2D eigenvalue weighted by atomic mass is 10.0. The van der Waals surface area contributed by atoms with Crippen molar-refractivity contribution in [2.45, 2.75) is 193 Å². The Kier molecular flexibility index (Phi) is 44.0. The van der Waals surface area contributed by atoms with Gasteiger partial charge in [0.05, 0.1) is 34.4 Å². The molecular weight excluding hydrogens is 815 g/mol. The molecule has 0 aliphatic rings. The maximum Gasteiger partial charge on any atom is 0.361 e. The molecule has 1 N–H and O–H groups in total. The summed E-state index contributed by atoms with van der Waals surface area (Å²) in [5.74, 6) is -2.06. The predicted octanol–water partition coefficient (Wildman–Crippen LogP) is 14.2. The van der Waals surface area contributed by atoms with Crippen molar-refractivity contribution in [3.63, 3.8) is 0 Å². The lowest BCUT2D eigenvalue weighted by Gasteiger charge is -2.25. The number of rotatable bonds is 45. The van der Waals surface area contributed by atoms with E-state index in [0.717, 1.165) is 103 Å². The molecule has 0 aliphatic carbocycles. The molecule has 0 saturated heterocycles. The van der Waals surface area contributed by atoms with E-state index in [0.29, 0.717) is 23.9 Å². The lowest BCUT2D eigenvalue weighted by molar-refractivity contribution is -0.870. The van der Waals surface area contributed by atoms with Crippen molar-refractivity contribution < 1.29 is 42.9 Å². The number of carbonyl (C=O) groups is 3. The fraction of sp³-hybridized carbons (Fsp3) is 0.661. The Morgan fingerprint density at radius 2 is 0.831 bits per heavy atom. The third-order valence-electron chi connectivity index (χ3n) is 10.3. The number of quaternary nitrogens is 1. The van der Waals surface area contributed by atoms with Gasteiger partial charge in [0.1, 0.15) is 13.2 Å². The number of unbranched alkanes of at least 4 members (excludes halogenated alkanes) is 14. The number of likely N-dealkylation sites (N-methyl/N-ethyl adjacent to an activating group) is 1. The molecule has 9 nitrogen and oxygen atoms in total. The Morgan fingerprint density at radius 3 is 1.23 bits per heavy atom. The minimum atomic E-state index is -1.52. The zero-order valence-electron chi connectivity index (χ0n) is 41.9. The van der Waals surface area contributed by atoms with E-state index in [-0.39, 0.29) is 38.6 Å². The first kappa shape index (κ1) is 61.2. The summed E-state index contributed by atoms with van der Waals surface area (Å²) < 4.78 is 22.8. The highest BCUT2D eigenvalue weighted by Gasteiger charge is 2.25. The fourth-order valence-corrected chi connectivity index (χ4v) is 6.46. The molecule has 2 unspecified atom stereocenters.